The molecule has 1 aromatic carbocycles. The molecule has 0 aliphatic rings. The van der Waals surface area contributed by atoms with Crippen molar-refractivity contribution in [3.63, 3.8) is 0 Å². The number of benzene rings is 1. The molecule has 0 aromatic heterocycles. The highest BCUT2D eigenvalue weighted by Crippen LogP contribution is 2.30. The van der Waals surface area contributed by atoms with Crippen molar-refractivity contribution in [2.75, 3.05) is 0 Å². The van der Waals surface area contributed by atoms with E-state index in [0.717, 1.165) is 12.0 Å². The predicted molar refractivity (Wildman–Crippen MR) is 55.2 cm³/mol. The lowest BCUT2D eigenvalue weighted by Crippen LogP contribution is -1.86. The first-order valence-electron chi connectivity index (χ1n) is 3.56. The van der Waals surface area contributed by atoms with E-state index in [9.17, 15) is 0 Å². The molecule has 0 aliphatic carbocycles. The second kappa shape index (κ2) is 4.36. The molecule has 3 heteroatoms. The Hall–Kier alpha value is 0.0900. The summed E-state index contributed by atoms with van der Waals surface area (Å²) in [6, 6.07) is 3.47. The monoisotopic (exact) mass is 221 g/mol. The van der Waals surface area contributed by atoms with Gasteiger partial charge < -0.3 is 0 Å². The van der Waals surface area contributed by atoms with Gasteiger partial charge in [0.05, 0.1) is 10.0 Å². The molecule has 0 unspecified atom stereocenters. The summed E-state index contributed by atoms with van der Waals surface area (Å²) in [6.07, 6.45) is 2.80. The molecule has 0 saturated heterocycles. The Kier molecular flexibility index (Phi) is 3.70. The maximum atomic E-state index is 5.93. The van der Waals surface area contributed by atoms with Gasteiger partial charge in [0, 0.05) is 5.02 Å². The van der Waals surface area contributed by atoms with E-state index >= 15 is 0 Å². The maximum absolute atomic E-state index is 5.93. The quantitative estimate of drug-likeness (QED) is 0.650. The van der Waals surface area contributed by atoms with Gasteiger partial charge in [0.2, 0.25) is 0 Å². The number of rotatable bonds is 2. The van der Waals surface area contributed by atoms with Gasteiger partial charge in [0.25, 0.3) is 0 Å². The van der Waals surface area contributed by atoms with Crippen LogP contribution in [0.1, 0.15) is 12.5 Å². The summed E-state index contributed by atoms with van der Waals surface area (Å²) in [4.78, 5) is 0. The Morgan fingerprint density at radius 2 is 1.92 bits per heavy atom. The van der Waals surface area contributed by atoms with Crippen LogP contribution >= 0.6 is 34.8 Å². The topological polar surface area (TPSA) is 0 Å². The lowest BCUT2D eigenvalue weighted by Gasteiger charge is -2.04. The summed E-state index contributed by atoms with van der Waals surface area (Å²) in [5, 5.41) is 1.74. The Bertz CT molecular complexity index is 281. The molecule has 0 heterocycles. The van der Waals surface area contributed by atoms with Crippen molar-refractivity contribution in [2.24, 2.45) is 0 Å². The van der Waals surface area contributed by atoms with Crippen LogP contribution in [0.25, 0.3) is 0 Å². The van der Waals surface area contributed by atoms with E-state index in [-0.39, 0.29) is 0 Å². The molecule has 0 aliphatic heterocycles. The minimum absolute atomic E-state index is 0.515. The maximum Gasteiger partial charge on any atom is 0.0625 e. The van der Waals surface area contributed by atoms with Crippen LogP contribution in [0.15, 0.2) is 12.1 Å². The molecule has 1 radical (unpaired) electrons. The lowest BCUT2D eigenvalue weighted by molar-refractivity contribution is 1.14. The van der Waals surface area contributed by atoms with Gasteiger partial charge in [-0.15, -0.1) is 0 Å². The molecule has 12 heavy (non-hydrogen) atoms. The van der Waals surface area contributed by atoms with Crippen molar-refractivity contribution >= 4 is 34.8 Å². The molecule has 0 fully saturated rings. The number of hydrogen-bond donors (Lipinski definition) is 0. The lowest BCUT2D eigenvalue weighted by atomic mass is 10.1. The average Bonchev–Trinajstić information content (AvgIpc) is 2.00. The van der Waals surface area contributed by atoms with Gasteiger partial charge in [-0.1, -0.05) is 41.7 Å². The summed E-state index contributed by atoms with van der Waals surface area (Å²) in [5.74, 6) is 0. The second-order valence-electron chi connectivity index (χ2n) is 2.47. The highest BCUT2D eigenvalue weighted by Gasteiger charge is 2.05. The Balaban J connectivity index is 3.09. The van der Waals surface area contributed by atoms with Crippen LogP contribution in [-0.2, 0) is 6.42 Å². The van der Waals surface area contributed by atoms with Crippen LogP contribution < -0.4 is 0 Å². The average molecular weight is 223 g/mol. The molecule has 0 N–H and O–H groups in total. The third-order valence-corrected chi connectivity index (χ3v) is 2.55. The molecule has 1 aromatic rings. The van der Waals surface area contributed by atoms with Crippen molar-refractivity contribution in [1.82, 2.24) is 0 Å². The minimum atomic E-state index is 0.515. The van der Waals surface area contributed by atoms with Crippen molar-refractivity contribution in [3.05, 3.63) is 39.2 Å². The van der Waals surface area contributed by atoms with Gasteiger partial charge in [0.15, 0.2) is 0 Å². The zero-order valence-corrected chi connectivity index (χ0v) is 8.84. The van der Waals surface area contributed by atoms with Crippen LogP contribution in [0.3, 0.4) is 0 Å². The second-order valence-corrected chi connectivity index (χ2v) is 3.69. The van der Waals surface area contributed by atoms with Crippen molar-refractivity contribution in [3.8, 4) is 0 Å². The molecule has 1 rings (SSSR count). The number of hydrogen-bond acceptors (Lipinski definition) is 0. The van der Waals surface area contributed by atoms with Crippen LogP contribution in [0.5, 0.6) is 0 Å². The molecule has 0 bridgehead atoms. The van der Waals surface area contributed by atoms with E-state index in [0.29, 0.717) is 15.1 Å². The summed E-state index contributed by atoms with van der Waals surface area (Å²) in [6.45, 7) is 1.96. The standard InChI is InChI=1S/C9H8Cl3/c1-2-3-6-4-7(10)5-8(11)9(6)12/h2,4-5H,3H2,1H3. The van der Waals surface area contributed by atoms with Gasteiger partial charge in [-0.3, -0.25) is 0 Å². The SMILES string of the molecule is C[CH]Cc1cc(Cl)cc(Cl)c1Cl. The smallest absolute Gasteiger partial charge is 0.0625 e. The van der Waals surface area contributed by atoms with E-state index in [4.69, 9.17) is 34.8 Å². The fraction of sp³-hybridized carbons (Fsp3) is 0.222. The minimum Gasteiger partial charge on any atom is -0.0843 e. The first-order valence-corrected chi connectivity index (χ1v) is 4.69. The number of halogens is 3. The largest absolute Gasteiger partial charge is 0.0843 e. The zero-order chi connectivity index (χ0) is 9.14. The third kappa shape index (κ3) is 2.29. The van der Waals surface area contributed by atoms with Crippen LogP contribution in [0, 0.1) is 6.42 Å². The fourth-order valence-corrected chi connectivity index (χ4v) is 1.70. The molecular weight excluding hydrogens is 214 g/mol. The zero-order valence-electron chi connectivity index (χ0n) is 6.57. The Morgan fingerprint density at radius 1 is 1.25 bits per heavy atom. The molecule has 0 nitrogen and oxygen atoms in total. The highest BCUT2D eigenvalue weighted by atomic mass is 35.5. The molecule has 0 amide bonds. The van der Waals surface area contributed by atoms with Gasteiger partial charge in [-0.25, -0.2) is 0 Å². The molecule has 0 atom stereocenters. The van der Waals surface area contributed by atoms with E-state index in [1.165, 1.54) is 0 Å². The summed E-state index contributed by atoms with van der Waals surface area (Å²) in [7, 11) is 0. The van der Waals surface area contributed by atoms with E-state index in [2.05, 4.69) is 0 Å². The normalized spacial score (nSPS) is 10.3. The van der Waals surface area contributed by atoms with Gasteiger partial charge in [0.1, 0.15) is 0 Å². The van der Waals surface area contributed by atoms with Gasteiger partial charge in [-0.05, 0) is 30.5 Å². The summed E-state index contributed by atoms with van der Waals surface area (Å²) < 4.78 is 0. The Morgan fingerprint density at radius 3 is 2.50 bits per heavy atom. The van der Waals surface area contributed by atoms with Crippen LogP contribution in [0.2, 0.25) is 15.1 Å². The summed E-state index contributed by atoms with van der Waals surface area (Å²) in [5.41, 5.74) is 0.969. The molecule has 0 saturated carbocycles. The third-order valence-electron chi connectivity index (χ3n) is 1.49. The summed E-state index contributed by atoms with van der Waals surface area (Å²) >= 11 is 17.6. The first-order chi connectivity index (χ1) is 5.65. The fourth-order valence-electron chi connectivity index (χ4n) is 0.978. The molecule has 0 spiro atoms. The van der Waals surface area contributed by atoms with Gasteiger partial charge in [-0.2, -0.15) is 0 Å². The first kappa shape index (κ1) is 10.2. The molecule has 65 valence electrons. The molecular formula is C9H8Cl3. The highest BCUT2D eigenvalue weighted by molar-refractivity contribution is 6.43. The van der Waals surface area contributed by atoms with E-state index < -0.39 is 0 Å². The van der Waals surface area contributed by atoms with Gasteiger partial charge >= 0.3 is 0 Å². The van der Waals surface area contributed by atoms with E-state index in [1.54, 1.807) is 6.07 Å². The van der Waals surface area contributed by atoms with Crippen LogP contribution in [-0.4, -0.2) is 0 Å². The van der Waals surface area contributed by atoms with Crippen molar-refractivity contribution in [1.29, 1.82) is 0 Å². The van der Waals surface area contributed by atoms with E-state index in [1.807, 2.05) is 19.4 Å². The van der Waals surface area contributed by atoms with Crippen molar-refractivity contribution < 1.29 is 0 Å². The Labute approximate surface area is 87.4 Å². The van der Waals surface area contributed by atoms with Crippen LogP contribution in [0.4, 0.5) is 0 Å². The van der Waals surface area contributed by atoms with Crippen molar-refractivity contribution in [2.45, 2.75) is 13.3 Å². The predicted octanol–water partition coefficient (Wildman–Crippen LogP) is 4.41.